The summed E-state index contributed by atoms with van der Waals surface area (Å²) in [6.45, 7) is 1.76. The maximum absolute atomic E-state index is 9.43. The molecule has 114 valence electrons. The zero-order valence-corrected chi connectivity index (χ0v) is 13.6. The van der Waals surface area contributed by atoms with E-state index in [0.717, 1.165) is 29.9 Å². The molecule has 2 rings (SSSR count). The van der Waals surface area contributed by atoms with Crippen LogP contribution in [0.2, 0.25) is 0 Å². The Hall–Kier alpha value is -1.57. The van der Waals surface area contributed by atoms with Gasteiger partial charge in [0.25, 0.3) is 0 Å². The zero-order valence-electron chi connectivity index (χ0n) is 13.6. The standard InChI is InChI=1S/C17H26N4/c1-19-12-14-6-7-16(15(10-14)11-18)21(4)13-17(20(2)3)8-5-9-17/h6-7,10,19H,5,8-9,12-13H2,1-4H3. The molecule has 0 aromatic heterocycles. The summed E-state index contributed by atoms with van der Waals surface area (Å²) in [5, 5.41) is 12.6. The fourth-order valence-corrected chi connectivity index (χ4v) is 3.18. The Bertz CT molecular complexity index is 526. The van der Waals surface area contributed by atoms with Gasteiger partial charge in [-0.3, -0.25) is 0 Å². The highest BCUT2D eigenvalue weighted by molar-refractivity contribution is 5.60. The minimum Gasteiger partial charge on any atom is -0.372 e. The van der Waals surface area contributed by atoms with Crippen molar-refractivity contribution in [1.82, 2.24) is 10.2 Å². The number of nitrogens with one attached hydrogen (secondary N) is 1. The first-order valence-electron chi connectivity index (χ1n) is 7.58. The molecule has 0 bridgehead atoms. The van der Waals surface area contributed by atoms with Gasteiger partial charge in [-0.25, -0.2) is 0 Å². The third-order valence-electron chi connectivity index (χ3n) is 4.74. The van der Waals surface area contributed by atoms with Gasteiger partial charge in [0.05, 0.1) is 11.3 Å². The Morgan fingerprint density at radius 3 is 2.48 bits per heavy atom. The van der Waals surface area contributed by atoms with E-state index >= 15 is 0 Å². The van der Waals surface area contributed by atoms with Gasteiger partial charge in [0, 0.05) is 25.7 Å². The summed E-state index contributed by atoms with van der Waals surface area (Å²) < 4.78 is 0. The molecule has 0 saturated heterocycles. The highest BCUT2D eigenvalue weighted by Crippen LogP contribution is 2.37. The molecule has 0 radical (unpaired) electrons. The second kappa shape index (κ2) is 6.46. The maximum Gasteiger partial charge on any atom is 0.101 e. The average Bonchev–Trinajstić information content (AvgIpc) is 2.42. The minimum atomic E-state index is 0.269. The highest BCUT2D eigenvalue weighted by atomic mass is 15.2. The fourth-order valence-electron chi connectivity index (χ4n) is 3.18. The van der Waals surface area contributed by atoms with Crippen molar-refractivity contribution in [2.45, 2.75) is 31.3 Å². The van der Waals surface area contributed by atoms with E-state index in [1.54, 1.807) is 0 Å². The van der Waals surface area contributed by atoms with Crippen LogP contribution < -0.4 is 10.2 Å². The lowest BCUT2D eigenvalue weighted by Gasteiger charge is -2.49. The molecule has 0 amide bonds. The van der Waals surface area contributed by atoms with E-state index in [2.05, 4.69) is 54.5 Å². The molecule has 1 fully saturated rings. The quantitative estimate of drug-likeness (QED) is 0.870. The number of hydrogen-bond acceptors (Lipinski definition) is 4. The highest BCUT2D eigenvalue weighted by Gasteiger charge is 2.40. The topological polar surface area (TPSA) is 42.3 Å². The van der Waals surface area contributed by atoms with Gasteiger partial charge < -0.3 is 15.1 Å². The van der Waals surface area contributed by atoms with Gasteiger partial charge in [-0.15, -0.1) is 0 Å². The van der Waals surface area contributed by atoms with Crippen molar-refractivity contribution in [3.05, 3.63) is 29.3 Å². The van der Waals surface area contributed by atoms with E-state index in [1.807, 2.05) is 13.1 Å². The average molecular weight is 286 g/mol. The molecule has 0 aliphatic heterocycles. The predicted octanol–water partition coefficient (Wildman–Crippen LogP) is 2.20. The molecule has 4 heteroatoms. The number of anilines is 1. The Balaban J connectivity index is 2.19. The predicted molar refractivity (Wildman–Crippen MR) is 87.5 cm³/mol. The Morgan fingerprint density at radius 2 is 2.00 bits per heavy atom. The first-order valence-corrected chi connectivity index (χ1v) is 7.58. The summed E-state index contributed by atoms with van der Waals surface area (Å²) in [5.74, 6) is 0. The van der Waals surface area contributed by atoms with Crippen LogP contribution in [0.25, 0.3) is 0 Å². The minimum absolute atomic E-state index is 0.269. The van der Waals surface area contributed by atoms with Crippen molar-refractivity contribution in [3.8, 4) is 6.07 Å². The van der Waals surface area contributed by atoms with Gasteiger partial charge in [0.1, 0.15) is 6.07 Å². The Morgan fingerprint density at radius 1 is 1.29 bits per heavy atom. The number of likely N-dealkylation sites (N-methyl/N-ethyl adjacent to an activating group) is 2. The van der Waals surface area contributed by atoms with Crippen LogP contribution in [0.1, 0.15) is 30.4 Å². The zero-order chi connectivity index (χ0) is 15.5. The summed E-state index contributed by atoms with van der Waals surface area (Å²) in [4.78, 5) is 4.58. The van der Waals surface area contributed by atoms with Gasteiger partial charge in [0.15, 0.2) is 0 Å². The van der Waals surface area contributed by atoms with Gasteiger partial charge in [-0.1, -0.05) is 6.07 Å². The van der Waals surface area contributed by atoms with Gasteiger partial charge in [-0.2, -0.15) is 5.26 Å². The van der Waals surface area contributed by atoms with Crippen LogP contribution in [0.4, 0.5) is 5.69 Å². The molecule has 1 aliphatic carbocycles. The van der Waals surface area contributed by atoms with Crippen molar-refractivity contribution in [1.29, 1.82) is 5.26 Å². The molecule has 0 heterocycles. The molecule has 0 spiro atoms. The lowest BCUT2D eigenvalue weighted by Crippen LogP contribution is -2.56. The summed E-state index contributed by atoms with van der Waals surface area (Å²) in [5.41, 5.74) is 3.21. The summed E-state index contributed by atoms with van der Waals surface area (Å²) in [6.07, 6.45) is 3.78. The largest absolute Gasteiger partial charge is 0.372 e. The van der Waals surface area contributed by atoms with Crippen molar-refractivity contribution in [3.63, 3.8) is 0 Å². The van der Waals surface area contributed by atoms with Crippen LogP contribution in [0, 0.1) is 11.3 Å². The second-order valence-corrected chi connectivity index (χ2v) is 6.32. The van der Waals surface area contributed by atoms with E-state index in [0.29, 0.717) is 0 Å². The van der Waals surface area contributed by atoms with E-state index in [1.165, 1.54) is 19.3 Å². The summed E-state index contributed by atoms with van der Waals surface area (Å²) in [6, 6.07) is 8.51. The van der Waals surface area contributed by atoms with Crippen molar-refractivity contribution >= 4 is 5.69 Å². The van der Waals surface area contributed by atoms with Gasteiger partial charge in [-0.05, 0) is 58.1 Å². The van der Waals surface area contributed by atoms with E-state index in [4.69, 9.17) is 0 Å². The maximum atomic E-state index is 9.43. The molecule has 1 aliphatic rings. The molecule has 4 nitrogen and oxygen atoms in total. The molecule has 21 heavy (non-hydrogen) atoms. The van der Waals surface area contributed by atoms with Crippen LogP contribution in [-0.4, -0.2) is 45.2 Å². The first-order chi connectivity index (χ1) is 10.0. The number of benzene rings is 1. The van der Waals surface area contributed by atoms with Crippen molar-refractivity contribution in [2.75, 3.05) is 39.6 Å². The smallest absolute Gasteiger partial charge is 0.101 e. The SMILES string of the molecule is CNCc1ccc(N(C)CC2(N(C)C)CCC2)c(C#N)c1. The lowest BCUT2D eigenvalue weighted by molar-refractivity contribution is 0.0683. The first kappa shape index (κ1) is 15.8. The monoisotopic (exact) mass is 286 g/mol. The van der Waals surface area contributed by atoms with Crippen molar-refractivity contribution in [2.24, 2.45) is 0 Å². The van der Waals surface area contributed by atoms with Crippen LogP contribution in [0.5, 0.6) is 0 Å². The molecular weight excluding hydrogens is 260 g/mol. The summed E-state index contributed by atoms with van der Waals surface area (Å²) >= 11 is 0. The molecule has 0 unspecified atom stereocenters. The number of nitriles is 1. The Kier molecular flexibility index (Phi) is 4.87. The summed E-state index contributed by atoms with van der Waals surface area (Å²) in [7, 11) is 8.34. The normalized spacial score (nSPS) is 16.4. The number of hydrogen-bond donors (Lipinski definition) is 1. The number of rotatable bonds is 6. The molecular formula is C17H26N4. The molecule has 1 saturated carbocycles. The van der Waals surface area contributed by atoms with Gasteiger partial charge >= 0.3 is 0 Å². The fraction of sp³-hybridized carbons (Fsp3) is 0.588. The third kappa shape index (κ3) is 3.20. The number of nitrogens with zero attached hydrogens (tertiary/aromatic N) is 3. The third-order valence-corrected chi connectivity index (χ3v) is 4.74. The molecule has 1 N–H and O–H groups in total. The molecule has 0 atom stereocenters. The second-order valence-electron chi connectivity index (χ2n) is 6.32. The lowest BCUT2D eigenvalue weighted by atomic mass is 9.75. The van der Waals surface area contributed by atoms with E-state index in [9.17, 15) is 5.26 Å². The van der Waals surface area contributed by atoms with Crippen LogP contribution in [0.3, 0.4) is 0 Å². The van der Waals surface area contributed by atoms with E-state index in [-0.39, 0.29) is 5.54 Å². The molecule has 1 aromatic rings. The van der Waals surface area contributed by atoms with Gasteiger partial charge in [0.2, 0.25) is 0 Å². The van der Waals surface area contributed by atoms with Crippen LogP contribution >= 0.6 is 0 Å². The van der Waals surface area contributed by atoms with E-state index < -0.39 is 0 Å². The van der Waals surface area contributed by atoms with Crippen molar-refractivity contribution < 1.29 is 0 Å². The van der Waals surface area contributed by atoms with Crippen LogP contribution in [-0.2, 0) is 6.54 Å². The Labute approximate surface area is 128 Å². The van der Waals surface area contributed by atoms with Crippen LogP contribution in [0.15, 0.2) is 18.2 Å². The molecule has 1 aromatic carbocycles.